The van der Waals surface area contributed by atoms with E-state index in [0.29, 0.717) is 6.04 Å². The summed E-state index contributed by atoms with van der Waals surface area (Å²) >= 11 is 0. The van der Waals surface area contributed by atoms with Crippen LogP contribution in [0.1, 0.15) is 58.8 Å². The van der Waals surface area contributed by atoms with E-state index in [2.05, 4.69) is 24.1 Å². The van der Waals surface area contributed by atoms with Gasteiger partial charge in [-0.15, -0.1) is 0 Å². The van der Waals surface area contributed by atoms with Crippen LogP contribution in [0.15, 0.2) is 0 Å². The van der Waals surface area contributed by atoms with E-state index < -0.39 is 0 Å². The van der Waals surface area contributed by atoms with Crippen molar-refractivity contribution < 1.29 is 5.11 Å². The van der Waals surface area contributed by atoms with Gasteiger partial charge < -0.3 is 10.4 Å². The lowest BCUT2D eigenvalue weighted by Gasteiger charge is -2.39. The van der Waals surface area contributed by atoms with Gasteiger partial charge in [0.1, 0.15) is 0 Å². The van der Waals surface area contributed by atoms with E-state index in [1.54, 1.807) is 0 Å². The van der Waals surface area contributed by atoms with E-state index in [4.69, 9.17) is 0 Å². The smallest absolute Gasteiger partial charge is 0.0611 e. The molecule has 3 nitrogen and oxygen atoms in total. The van der Waals surface area contributed by atoms with E-state index in [0.717, 1.165) is 18.4 Å². The highest BCUT2D eigenvalue weighted by atomic mass is 16.3. The lowest BCUT2D eigenvalue weighted by molar-refractivity contribution is 0.0934. The second-order valence-corrected chi connectivity index (χ2v) is 7.01. The molecule has 0 aromatic carbocycles. The molecule has 2 fully saturated rings. The van der Waals surface area contributed by atoms with Crippen molar-refractivity contribution in [1.29, 1.82) is 0 Å². The molecule has 1 aliphatic carbocycles. The van der Waals surface area contributed by atoms with Crippen LogP contribution in [0, 0.1) is 5.92 Å². The number of hydrogen-bond donors (Lipinski definition) is 2. The molecule has 3 unspecified atom stereocenters. The van der Waals surface area contributed by atoms with Crippen LogP contribution in [0.2, 0.25) is 0 Å². The molecule has 1 aliphatic heterocycles. The van der Waals surface area contributed by atoms with Gasteiger partial charge in [0.2, 0.25) is 0 Å². The zero-order valence-corrected chi connectivity index (χ0v) is 13.0. The fraction of sp³-hybridized carbons (Fsp3) is 1.00. The molecular formula is C16H32N2O. The van der Waals surface area contributed by atoms with Gasteiger partial charge in [-0.1, -0.05) is 12.8 Å². The Morgan fingerprint density at radius 1 is 1.26 bits per heavy atom. The summed E-state index contributed by atoms with van der Waals surface area (Å²) in [6.45, 7) is 5.95. The third-order valence-corrected chi connectivity index (χ3v) is 5.55. The zero-order valence-electron chi connectivity index (χ0n) is 13.0. The third-order valence-electron chi connectivity index (χ3n) is 5.55. The summed E-state index contributed by atoms with van der Waals surface area (Å²) in [5, 5.41) is 12.9. The fourth-order valence-corrected chi connectivity index (χ4v) is 4.23. The summed E-state index contributed by atoms with van der Waals surface area (Å²) in [7, 11) is 1.96. The maximum atomic E-state index is 9.57. The van der Waals surface area contributed by atoms with E-state index >= 15 is 0 Å². The Hall–Kier alpha value is -0.120. The predicted molar refractivity (Wildman–Crippen MR) is 80.3 cm³/mol. The molecular weight excluding hydrogens is 236 g/mol. The second-order valence-electron chi connectivity index (χ2n) is 7.01. The van der Waals surface area contributed by atoms with Crippen molar-refractivity contribution in [3.05, 3.63) is 0 Å². The van der Waals surface area contributed by atoms with Crippen molar-refractivity contribution in [2.24, 2.45) is 5.92 Å². The molecule has 0 amide bonds. The monoisotopic (exact) mass is 268 g/mol. The van der Waals surface area contributed by atoms with Gasteiger partial charge in [-0.3, -0.25) is 4.90 Å². The molecule has 3 atom stereocenters. The van der Waals surface area contributed by atoms with E-state index in [9.17, 15) is 5.11 Å². The first-order chi connectivity index (χ1) is 9.09. The molecule has 19 heavy (non-hydrogen) atoms. The van der Waals surface area contributed by atoms with Crippen molar-refractivity contribution in [2.45, 2.75) is 76.4 Å². The summed E-state index contributed by atoms with van der Waals surface area (Å²) in [4.78, 5) is 2.74. The molecule has 2 aliphatic rings. The van der Waals surface area contributed by atoms with Crippen LogP contribution >= 0.6 is 0 Å². The van der Waals surface area contributed by atoms with Crippen molar-refractivity contribution in [3.63, 3.8) is 0 Å². The maximum absolute atomic E-state index is 9.57. The summed E-state index contributed by atoms with van der Waals surface area (Å²) in [5.41, 5.74) is -0.137. The van der Waals surface area contributed by atoms with Gasteiger partial charge in [0.15, 0.2) is 0 Å². The summed E-state index contributed by atoms with van der Waals surface area (Å²) in [5.74, 6) is 0.944. The van der Waals surface area contributed by atoms with Crippen molar-refractivity contribution in [3.8, 4) is 0 Å². The minimum atomic E-state index is -0.137. The molecule has 2 rings (SSSR count). The first-order valence-electron chi connectivity index (χ1n) is 8.15. The molecule has 0 bridgehead atoms. The lowest BCUT2D eigenvalue weighted by atomic mass is 9.91. The van der Waals surface area contributed by atoms with Crippen LogP contribution in [-0.2, 0) is 0 Å². The topological polar surface area (TPSA) is 35.5 Å². The Labute approximate surface area is 118 Å². The number of likely N-dealkylation sites (tertiary alicyclic amines) is 1. The Kier molecular flexibility index (Phi) is 5.27. The van der Waals surface area contributed by atoms with E-state index in [1.807, 2.05) is 7.05 Å². The van der Waals surface area contributed by atoms with Crippen LogP contribution in [0.4, 0.5) is 0 Å². The maximum Gasteiger partial charge on any atom is 0.0611 e. The van der Waals surface area contributed by atoms with Crippen LogP contribution in [-0.4, -0.2) is 47.8 Å². The second kappa shape index (κ2) is 6.55. The number of aliphatic hydroxyl groups excluding tert-OH is 1. The minimum Gasteiger partial charge on any atom is -0.394 e. The molecule has 0 radical (unpaired) electrons. The Morgan fingerprint density at radius 3 is 2.53 bits per heavy atom. The molecule has 112 valence electrons. The molecule has 0 spiro atoms. The zero-order chi connectivity index (χ0) is 13.9. The van der Waals surface area contributed by atoms with E-state index in [-0.39, 0.29) is 12.1 Å². The Morgan fingerprint density at radius 2 is 1.95 bits per heavy atom. The van der Waals surface area contributed by atoms with Crippen LogP contribution in [0.3, 0.4) is 0 Å². The average Bonchev–Trinajstić information content (AvgIpc) is 3.08. The number of hydrogen-bond acceptors (Lipinski definition) is 3. The highest BCUT2D eigenvalue weighted by Gasteiger charge is 2.37. The first-order valence-corrected chi connectivity index (χ1v) is 8.15. The van der Waals surface area contributed by atoms with Crippen molar-refractivity contribution in [2.75, 3.05) is 20.2 Å². The highest BCUT2D eigenvalue weighted by molar-refractivity contribution is 4.93. The highest BCUT2D eigenvalue weighted by Crippen LogP contribution is 2.37. The summed E-state index contributed by atoms with van der Waals surface area (Å²) in [6.07, 6.45) is 9.55. The van der Waals surface area contributed by atoms with E-state index in [1.165, 1.54) is 45.1 Å². The van der Waals surface area contributed by atoms with Gasteiger partial charge in [-0.2, -0.15) is 0 Å². The van der Waals surface area contributed by atoms with Gasteiger partial charge in [-0.25, -0.2) is 0 Å². The molecule has 0 aromatic heterocycles. The van der Waals surface area contributed by atoms with Crippen LogP contribution in [0.25, 0.3) is 0 Å². The predicted octanol–water partition coefficient (Wildman–Crippen LogP) is 2.39. The van der Waals surface area contributed by atoms with Gasteiger partial charge in [0, 0.05) is 17.6 Å². The number of likely N-dealkylation sites (N-methyl/N-ethyl adjacent to an activating group) is 1. The SMILES string of the molecule is CNC(C)(CO)CC(C)N1CCCC1C1CCCC1. The standard InChI is InChI=1S/C16H32N2O/c1-13(11-16(2,12-19)17-3)18-10-6-9-15(18)14-7-4-5-8-14/h13-15,17,19H,4-12H2,1-3H3. The molecule has 2 N–H and O–H groups in total. The van der Waals surface area contributed by atoms with Gasteiger partial charge in [0.05, 0.1) is 6.61 Å². The lowest BCUT2D eigenvalue weighted by Crippen LogP contribution is -2.50. The van der Waals surface area contributed by atoms with Crippen molar-refractivity contribution in [1.82, 2.24) is 10.2 Å². The summed E-state index contributed by atoms with van der Waals surface area (Å²) in [6, 6.07) is 1.38. The van der Waals surface area contributed by atoms with Gasteiger partial charge in [0.25, 0.3) is 0 Å². The fourth-order valence-electron chi connectivity index (χ4n) is 4.23. The largest absolute Gasteiger partial charge is 0.394 e. The average molecular weight is 268 g/mol. The normalized spacial score (nSPS) is 30.6. The number of aliphatic hydroxyl groups is 1. The minimum absolute atomic E-state index is 0.137. The molecule has 1 heterocycles. The Balaban J connectivity index is 1.95. The third kappa shape index (κ3) is 3.50. The van der Waals surface area contributed by atoms with Gasteiger partial charge >= 0.3 is 0 Å². The number of nitrogens with zero attached hydrogens (tertiary/aromatic N) is 1. The van der Waals surface area contributed by atoms with Crippen LogP contribution < -0.4 is 5.32 Å². The molecule has 0 aromatic rings. The molecule has 1 saturated heterocycles. The number of nitrogens with one attached hydrogen (secondary N) is 1. The summed E-state index contributed by atoms with van der Waals surface area (Å²) < 4.78 is 0. The Bertz CT molecular complexity index is 272. The van der Waals surface area contributed by atoms with Gasteiger partial charge in [-0.05, 0) is 65.5 Å². The van der Waals surface area contributed by atoms with Crippen LogP contribution in [0.5, 0.6) is 0 Å². The molecule has 3 heteroatoms. The quantitative estimate of drug-likeness (QED) is 0.776. The molecule has 1 saturated carbocycles. The first kappa shape index (κ1) is 15.3. The van der Waals surface area contributed by atoms with Crippen molar-refractivity contribution >= 4 is 0 Å². The number of rotatable bonds is 6.